The van der Waals surface area contributed by atoms with Crippen molar-refractivity contribution >= 4 is 5.91 Å². The van der Waals surface area contributed by atoms with E-state index in [4.69, 9.17) is 9.84 Å². The van der Waals surface area contributed by atoms with Crippen LogP contribution in [0.5, 0.6) is 0 Å². The fraction of sp³-hybridized carbons (Fsp3) is 0.909. The van der Waals surface area contributed by atoms with Crippen LogP contribution in [-0.4, -0.2) is 36.9 Å². The molecule has 4 nitrogen and oxygen atoms in total. The number of amides is 1. The van der Waals surface area contributed by atoms with Gasteiger partial charge in [-0.3, -0.25) is 4.79 Å². The first-order valence-electron chi connectivity index (χ1n) is 5.64. The average molecular weight is 215 g/mol. The number of hydrogen-bond donors (Lipinski definition) is 2. The molecule has 3 atom stereocenters. The summed E-state index contributed by atoms with van der Waals surface area (Å²) in [6.07, 6.45) is 1.87. The molecule has 0 radical (unpaired) electrons. The van der Waals surface area contributed by atoms with Gasteiger partial charge >= 0.3 is 0 Å². The monoisotopic (exact) mass is 215 g/mol. The zero-order valence-corrected chi connectivity index (χ0v) is 9.53. The van der Waals surface area contributed by atoms with E-state index in [0.29, 0.717) is 6.61 Å². The number of carbonyl (C=O) groups excluding carboxylic acids is 1. The summed E-state index contributed by atoms with van der Waals surface area (Å²) in [5, 5.41) is 11.9. The van der Waals surface area contributed by atoms with Crippen LogP contribution in [0.15, 0.2) is 0 Å². The van der Waals surface area contributed by atoms with Gasteiger partial charge in [-0.1, -0.05) is 6.92 Å². The molecule has 1 rings (SSSR count). The van der Waals surface area contributed by atoms with E-state index in [1.54, 1.807) is 0 Å². The Labute approximate surface area is 91.0 Å². The highest BCUT2D eigenvalue weighted by atomic mass is 16.5. The summed E-state index contributed by atoms with van der Waals surface area (Å²) in [6, 6.07) is 0.0180. The molecule has 0 bridgehead atoms. The topological polar surface area (TPSA) is 58.6 Å². The molecule has 1 saturated heterocycles. The largest absolute Gasteiger partial charge is 0.396 e. The highest BCUT2D eigenvalue weighted by Crippen LogP contribution is 2.14. The second-order valence-electron chi connectivity index (χ2n) is 4.37. The molecule has 0 aliphatic carbocycles. The Morgan fingerprint density at radius 2 is 2.33 bits per heavy atom. The van der Waals surface area contributed by atoms with Crippen LogP contribution in [-0.2, 0) is 9.53 Å². The number of aliphatic hydroxyl groups is 1. The molecule has 1 aliphatic heterocycles. The summed E-state index contributed by atoms with van der Waals surface area (Å²) in [7, 11) is 0. The van der Waals surface area contributed by atoms with Crippen molar-refractivity contribution in [2.75, 3.05) is 19.8 Å². The maximum absolute atomic E-state index is 11.8. The van der Waals surface area contributed by atoms with E-state index in [-0.39, 0.29) is 30.4 Å². The first-order chi connectivity index (χ1) is 7.15. The number of nitrogens with one attached hydrogen (secondary N) is 1. The smallest absolute Gasteiger partial charge is 0.225 e. The van der Waals surface area contributed by atoms with E-state index >= 15 is 0 Å². The van der Waals surface area contributed by atoms with E-state index in [1.165, 1.54) is 0 Å². The molecule has 1 aliphatic rings. The van der Waals surface area contributed by atoms with Gasteiger partial charge in [0.15, 0.2) is 0 Å². The van der Waals surface area contributed by atoms with Crippen LogP contribution in [0.2, 0.25) is 0 Å². The number of aliphatic hydroxyl groups excluding tert-OH is 1. The van der Waals surface area contributed by atoms with Crippen molar-refractivity contribution in [3.63, 3.8) is 0 Å². The van der Waals surface area contributed by atoms with Crippen LogP contribution in [0.4, 0.5) is 0 Å². The molecule has 1 amide bonds. The van der Waals surface area contributed by atoms with Crippen molar-refractivity contribution in [3.05, 3.63) is 0 Å². The minimum Gasteiger partial charge on any atom is -0.396 e. The minimum atomic E-state index is -0.00732. The number of ether oxygens (including phenoxy) is 1. The SMILES string of the molecule is CC(CO)C(C)NC(=O)C1CCCOC1. The van der Waals surface area contributed by atoms with Crippen molar-refractivity contribution in [1.29, 1.82) is 0 Å². The number of rotatable bonds is 4. The third kappa shape index (κ3) is 3.80. The third-order valence-electron chi connectivity index (χ3n) is 3.04. The summed E-state index contributed by atoms with van der Waals surface area (Å²) in [5.41, 5.74) is 0. The fourth-order valence-electron chi connectivity index (χ4n) is 1.59. The Morgan fingerprint density at radius 3 is 2.87 bits per heavy atom. The second kappa shape index (κ2) is 6.08. The quantitative estimate of drug-likeness (QED) is 0.720. The van der Waals surface area contributed by atoms with Gasteiger partial charge in [-0.25, -0.2) is 0 Å². The highest BCUT2D eigenvalue weighted by Gasteiger charge is 2.24. The molecule has 0 spiro atoms. The van der Waals surface area contributed by atoms with Crippen LogP contribution in [0, 0.1) is 11.8 Å². The molecular formula is C11H21NO3. The molecule has 88 valence electrons. The second-order valence-corrected chi connectivity index (χ2v) is 4.37. The Balaban J connectivity index is 2.33. The molecule has 0 saturated carbocycles. The van der Waals surface area contributed by atoms with Crippen molar-refractivity contribution in [2.45, 2.75) is 32.7 Å². The Kier molecular flexibility index (Phi) is 5.05. The molecule has 3 unspecified atom stereocenters. The summed E-state index contributed by atoms with van der Waals surface area (Å²) >= 11 is 0. The maximum Gasteiger partial charge on any atom is 0.225 e. The van der Waals surface area contributed by atoms with Gasteiger partial charge in [-0.05, 0) is 25.7 Å². The molecule has 1 heterocycles. The van der Waals surface area contributed by atoms with Crippen molar-refractivity contribution < 1.29 is 14.6 Å². The minimum absolute atomic E-state index is 0.00732. The highest BCUT2D eigenvalue weighted by molar-refractivity contribution is 5.79. The van der Waals surface area contributed by atoms with Gasteiger partial charge in [0.1, 0.15) is 0 Å². The Hall–Kier alpha value is -0.610. The molecule has 1 fully saturated rings. The van der Waals surface area contributed by atoms with Crippen molar-refractivity contribution in [1.82, 2.24) is 5.32 Å². The molecule has 4 heteroatoms. The van der Waals surface area contributed by atoms with Gasteiger partial charge < -0.3 is 15.2 Å². The van der Waals surface area contributed by atoms with Crippen LogP contribution >= 0.6 is 0 Å². The number of hydrogen-bond acceptors (Lipinski definition) is 3. The molecule has 0 aromatic carbocycles. The normalized spacial score (nSPS) is 25.7. The van der Waals surface area contributed by atoms with Crippen molar-refractivity contribution in [3.8, 4) is 0 Å². The zero-order chi connectivity index (χ0) is 11.3. The van der Waals surface area contributed by atoms with E-state index in [9.17, 15) is 4.79 Å². The number of carbonyl (C=O) groups is 1. The molecule has 0 aromatic rings. The average Bonchev–Trinajstić information content (AvgIpc) is 2.29. The maximum atomic E-state index is 11.8. The lowest BCUT2D eigenvalue weighted by Gasteiger charge is -2.25. The molecule has 0 aromatic heterocycles. The lowest BCUT2D eigenvalue weighted by molar-refractivity contribution is -0.130. The summed E-state index contributed by atoms with van der Waals surface area (Å²) in [5.74, 6) is 0.146. The Bertz CT molecular complexity index is 202. The lowest BCUT2D eigenvalue weighted by atomic mass is 9.99. The van der Waals surface area contributed by atoms with Gasteiger partial charge in [-0.2, -0.15) is 0 Å². The Morgan fingerprint density at radius 1 is 1.60 bits per heavy atom. The summed E-state index contributed by atoms with van der Waals surface area (Å²) < 4.78 is 5.26. The van der Waals surface area contributed by atoms with Crippen LogP contribution in [0.3, 0.4) is 0 Å². The third-order valence-corrected chi connectivity index (χ3v) is 3.04. The summed E-state index contributed by atoms with van der Waals surface area (Å²) in [4.78, 5) is 11.8. The predicted molar refractivity (Wildman–Crippen MR) is 57.4 cm³/mol. The molecular weight excluding hydrogens is 194 g/mol. The van der Waals surface area contributed by atoms with Gasteiger partial charge in [0, 0.05) is 19.3 Å². The van der Waals surface area contributed by atoms with E-state index in [0.717, 1.165) is 19.4 Å². The van der Waals surface area contributed by atoms with Crippen molar-refractivity contribution in [2.24, 2.45) is 11.8 Å². The standard InChI is InChI=1S/C11H21NO3/c1-8(6-13)9(2)12-11(14)10-4-3-5-15-7-10/h8-10,13H,3-7H2,1-2H3,(H,12,14). The first-order valence-corrected chi connectivity index (χ1v) is 5.64. The van der Waals surface area contributed by atoms with Crippen LogP contribution in [0.25, 0.3) is 0 Å². The van der Waals surface area contributed by atoms with E-state index < -0.39 is 0 Å². The fourth-order valence-corrected chi connectivity index (χ4v) is 1.59. The van der Waals surface area contributed by atoms with Gasteiger partial charge in [0.2, 0.25) is 5.91 Å². The predicted octanol–water partition coefficient (Wildman–Crippen LogP) is 0.546. The first kappa shape index (κ1) is 12.5. The van der Waals surface area contributed by atoms with Gasteiger partial charge in [0.25, 0.3) is 0 Å². The van der Waals surface area contributed by atoms with Crippen LogP contribution < -0.4 is 5.32 Å². The van der Waals surface area contributed by atoms with E-state index in [2.05, 4.69) is 5.32 Å². The molecule has 2 N–H and O–H groups in total. The lowest BCUT2D eigenvalue weighted by Crippen LogP contribution is -2.43. The van der Waals surface area contributed by atoms with Gasteiger partial charge in [-0.15, -0.1) is 0 Å². The van der Waals surface area contributed by atoms with Gasteiger partial charge in [0.05, 0.1) is 12.5 Å². The van der Waals surface area contributed by atoms with Crippen LogP contribution in [0.1, 0.15) is 26.7 Å². The van der Waals surface area contributed by atoms with E-state index in [1.807, 2.05) is 13.8 Å². The molecule has 15 heavy (non-hydrogen) atoms. The zero-order valence-electron chi connectivity index (χ0n) is 9.53. The summed E-state index contributed by atoms with van der Waals surface area (Å²) in [6.45, 7) is 5.24.